The maximum Gasteiger partial charge on any atom is 0.236 e. The van der Waals surface area contributed by atoms with Crippen molar-refractivity contribution in [2.24, 2.45) is 0 Å². The quantitative estimate of drug-likeness (QED) is 0.450. The molecule has 0 bridgehead atoms. The number of hydrogen-bond acceptors (Lipinski definition) is 7. The van der Waals surface area contributed by atoms with Gasteiger partial charge in [-0.1, -0.05) is 30.0 Å². The van der Waals surface area contributed by atoms with E-state index in [0.29, 0.717) is 16.1 Å². The standard InChI is InChI=1S/C20H17N5O2S2/c1-27-16-9-7-14(8-10-16)18-23-24-20(25(18)15-5-3-2-4-6-15)29-13-17(26)22-19-21-11-12-28-19/h2-12H,13H2,1H3,(H,21,22,26). The first-order valence-corrected chi connectivity index (χ1v) is 10.6. The fourth-order valence-corrected chi connectivity index (χ4v) is 3.97. The van der Waals surface area contributed by atoms with Crippen LogP contribution in [0.25, 0.3) is 17.1 Å². The highest BCUT2D eigenvalue weighted by Gasteiger charge is 2.17. The zero-order chi connectivity index (χ0) is 20.1. The van der Waals surface area contributed by atoms with E-state index in [1.165, 1.54) is 23.1 Å². The van der Waals surface area contributed by atoms with Gasteiger partial charge in [0, 0.05) is 22.8 Å². The molecule has 1 amide bonds. The summed E-state index contributed by atoms with van der Waals surface area (Å²) in [5, 5.41) is 14.5. The zero-order valence-corrected chi connectivity index (χ0v) is 17.1. The van der Waals surface area contributed by atoms with Crippen molar-refractivity contribution in [1.29, 1.82) is 0 Å². The highest BCUT2D eigenvalue weighted by molar-refractivity contribution is 7.99. The molecule has 0 unspecified atom stereocenters. The van der Waals surface area contributed by atoms with Gasteiger partial charge >= 0.3 is 0 Å². The first-order chi connectivity index (χ1) is 14.2. The van der Waals surface area contributed by atoms with Gasteiger partial charge in [-0.3, -0.25) is 9.36 Å². The molecular formula is C20H17N5O2S2. The molecule has 0 saturated heterocycles. The summed E-state index contributed by atoms with van der Waals surface area (Å²) in [6.45, 7) is 0. The number of benzene rings is 2. The number of para-hydroxylation sites is 1. The highest BCUT2D eigenvalue weighted by atomic mass is 32.2. The summed E-state index contributed by atoms with van der Waals surface area (Å²) in [6, 6.07) is 17.5. The molecule has 0 spiro atoms. The van der Waals surface area contributed by atoms with E-state index in [9.17, 15) is 4.79 Å². The normalized spacial score (nSPS) is 10.7. The molecule has 2 aromatic heterocycles. The number of aromatic nitrogens is 4. The van der Waals surface area contributed by atoms with Crippen LogP contribution in [-0.2, 0) is 4.79 Å². The van der Waals surface area contributed by atoms with Gasteiger partial charge in [0.25, 0.3) is 0 Å². The molecule has 9 heteroatoms. The number of thioether (sulfide) groups is 1. The number of carbonyl (C=O) groups is 1. The number of rotatable bonds is 7. The molecule has 0 aliphatic carbocycles. The van der Waals surface area contributed by atoms with E-state index < -0.39 is 0 Å². The predicted octanol–water partition coefficient (Wildman–Crippen LogP) is 4.13. The number of anilines is 1. The van der Waals surface area contributed by atoms with Crippen LogP contribution in [0.2, 0.25) is 0 Å². The van der Waals surface area contributed by atoms with Crippen LogP contribution in [0.5, 0.6) is 5.75 Å². The number of carbonyl (C=O) groups excluding carboxylic acids is 1. The first-order valence-electron chi connectivity index (χ1n) is 8.72. The van der Waals surface area contributed by atoms with Crippen LogP contribution in [0.15, 0.2) is 71.3 Å². The lowest BCUT2D eigenvalue weighted by Gasteiger charge is -2.10. The lowest BCUT2D eigenvalue weighted by molar-refractivity contribution is -0.113. The Morgan fingerprint density at radius 1 is 1.14 bits per heavy atom. The molecule has 0 saturated carbocycles. The van der Waals surface area contributed by atoms with Crippen molar-refractivity contribution in [3.63, 3.8) is 0 Å². The number of ether oxygens (including phenoxy) is 1. The van der Waals surface area contributed by atoms with E-state index in [-0.39, 0.29) is 11.7 Å². The van der Waals surface area contributed by atoms with Gasteiger partial charge < -0.3 is 10.1 Å². The van der Waals surface area contributed by atoms with Gasteiger partial charge in [0.2, 0.25) is 5.91 Å². The minimum Gasteiger partial charge on any atom is -0.497 e. The molecule has 146 valence electrons. The van der Waals surface area contributed by atoms with Gasteiger partial charge in [-0.15, -0.1) is 21.5 Å². The van der Waals surface area contributed by atoms with E-state index in [4.69, 9.17) is 4.74 Å². The Balaban J connectivity index is 1.61. The van der Waals surface area contributed by atoms with Gasteiger partial charge in [0.05, 0.1) is 12.9 Å². The summed E-state index contributed by atoms with van der Waals surface area (Å²) < 4.78 is 7.18. The van der Waals surface area contributed by atoms with E-state index in [1.807, 2.05) is 64.5 Å². The second-order valence-corrected chi connectivity index (χ2v) is 7.72. The van der Waals surface area contributed by atoms with E-state index in [2.05, 4.69) is 20.5 Å². The average molecular weight is 424 g/mol. The largest absolute Gasteiger partial charge is 0.497 e. The number of nitrogens with zero attached hydrogens (tertiary/aromatic N) is 4. The fourth-order valence-electron chi connectivity index (χ4n) is 2.67. The number of hydrogen-bond donors (Lipinski definition) is 1. The van der Waals surface area contributed by atoms with Crippen molar-refractivity contribution in [1.82, 2.24) is 19.7 Å². The van der Waals surface area contributed by atoms with Crippen molar-refractivity contribution in [3.05, 3.63) is 66.2 Å². The van der Waals surface area contributed by atoms with Gasteiger partial charge in [-0.05, 0) is 36.4 Å². The van der Waals surface area contributed by atoms with Crippen LogP contribution in [0.1, 0.15) is 0 Å². The van der Waals surface area contributed by atoms with Crippen LogP contribution in [0.4, 0.5) is 5.13 Å². The maximum absolute atomic E-state index is 12.2. The predicted molar refractivity (Wildman–Crippen MR) is 115 cm³/mol. The first kappa shape index (κ1) is 19.2. The summed E-state index contributed by atoms with van der Waals surface area (Å²) in [5.74, 6) is 1.53. The van der Waals surface area contributed by atoms with Crippen LogP contribution in [-0.4, -0.2) is 38.5 Å². The lowest BCUT2D eigenvalue weighted by atomic mass is 10.2. The Morgan fingerprint density at radius 3 is 2.62 bits per heavy atom. The molecule has 1 N–H and O–H groups in total. The molecule has 2 aromatic carbocycles. The lowest BCUT2D eigenvalue weighted by Crippen LogP contribution is -2.14. The van der Waals surface area contributed by atoms with Gasteiger partial charge in [-0.2, -0.15) is 0 Å². The van der Waals surface area contributed by atoms with Crippen molar-refractivity contribution < 1.29 is 9.53 Å². The number of amides is 1. The molecule has 2 heterocycles. The van der Waals surface area contributed by atoms with Crippen molar-refractivity contribution >= 4 is 34.1 Å². The van der Waals surface area contributed by atoms with Crippen molar-refractivity contribution in [3.8, 4) is 22.8 Å². The SMILES string of the molecule is COc1ccc(-c2nnc(SCC(=O)Nc3nccs3)n2-c2ccccc2)cc1. The number of nitrogens with one attached hydrogen (secondary N) is 1. The highest BCUT2D eigenvalue weighted by Crippen LogP contribution is 2.29. The molecule has 0 atom stereocenters. The fraction of sp³-hybridized carbons (Fsp3) is 0.100. The van der Waals surface area contributed by atoms with Gasteiger partial charge in [0.15, 0.2) is 16.1 Å². The second kappa shape index (κ2) is 8.89. The van der Waals surface area contributed by atoms with Crippen LogP contribution >= 0.6 is 23.1 Å². The summed E-state index contributed by atoms with van der Waals surface area (Å²) in [6.07, 6.45) is 1.65. The van der Waals surface area contributed by atoms with Crippen LogP contribution < -0.4 is 10.1 Å². The Morgan fingerprint density at radius 2 is 1.93 bits per heavy atom. The van der Waals surface area contributed by atoms with Crippen molar-refractivity contribution in [2.75, 3.05) is 18.2 Å². The molecule has 0 radical (unpaired) electrons. The summed E-state index contributed by atoms with van der Waals surface area (Å²) in [5.41, 5.74) is 1.83. The Labute approximate surface area is 175 Å². The zero-order valence-electron chi connectivity index (χ0n) is 15.5. The Hall–Kier alpha value is -3.17. The van der Waals surface area contributed by atoms with Crippen LogP contribution in [0.3, 0.4) is 0 Å². The number of thiazole rings is 1. The molecule has 4 rings (SSSR count). The molecule has 0 aliphatic heterocycles. The Kier molecular flexibility index (Phi) is 5.87. The van der Waals surface area contributed by atoms with E-state index >= 15 is 0 Å². The Bertz CT molecular complexity index is 1080. The monoisotopic (exact) mass is 423 g/mol. The third kappa shape index (κ3) is 4.47. The van der Waals surface area contributed by atoms with Crippen LogP contribution in [0, 0.1) is 0 Å². The third-order valence-corrected chi connectivity index (χ3v) is 5.62. The average Bonchev–Trinajstić information content (AvgIpc) is 3.43. The molecule has 0 aliphatic rings. The van der Waals surface area contributed by atoms with E-state index in [0.717, 1.165) is 17.0 Å². The van der Waals surface area contributed by atoms with Gasteiger partial charge in [0.1, 0.15) is 5.75 Å². The summed E-state index contributed by atoms with van der Waals surface area (Å²) in [4.78, 5) is 16.3. The minimum atomic E-state index is -0.140. The van der Waals surface area contributed by atoms with Gasteiger partial charge in [-0.25, -0.2) is 4.98 Å². The topological polar surface area (TPSA) is 81.9 Å². The summed E-state index contributed by atoms with van der Waals surface area (Å²) >= 11 is 2.71. The summed E-state index contributed by atoms with van der Waals surface area (Å²) in [7, 11) is 1.63. The molecule has 0 fully saturated rings. The van der Waals surface area contributed by atoms with Crippen molar-refractivity contribution in [2.45, 2.75) is 5.16 Å². The minimum absolute atomic E-state index is 0.140. The third-order valence-electron chi connectivity index (χ3n) is 4.01. The molecule has 29 heavy (non-hydrogen) atoms. The second-order valence-electron chi connectivity index (χ2n) is 5.88. The molecular weight excluding hydrogens is 406 g/mol. The number of methoxy groups -OCH3 is 1. The molecule has 7 nitrogen and oxygen atoms in total. The van der Waals surface area contributed by atoms with E-state index in [1.54, 1.807) is 13.3 Å². The smallest absolute Gasteiger partial charge is 0.236 e. The molecule has 4 aromatic rings. The maximum atomic E-state index is 12.2.